The first-order valence-electron chi connectivity index (χ1n) is 11.7. The number of hydrogen-bond acceptors (Lipinski definition) is 4. The quantitative estimate of drug-likeness (QED) is 0.234. The zero-order chi connectivity index (χ0) is 25.7. The average molecular weight is 522 g/mol. The third-order valence-electron chi connectivity index (χ3n) is 6.91. The number of H-pyrrole nitrogens is 2. The Balaban J connectivity index is 1.38. The van der Waals surface area contributed by atoms with Crippen molar-refractivity contribution in [2.45, 2.75) is 23.7 Å². The topological polar surface area (TPSA) is 62.9 Å². The Morgan fingerprint density at radius 2 is 1.89 bits per heavy atom. The van der Waals surface area contributed by atoms with E-state index in [4.69, 9.17) is 14.5 Å². The molecular formula is C28H22F3N3O2S. The van der Waals surface area contributed by atoms with Crippen molar-refractivity contribution in [3.8, 4) is 28.6 Å². The number of aromatic nitrogens is 3. The molecule has 37 heavy (non-hydrogen) atoms. The molecule has 0 bridgehead atoms. The molecule has 3 aromatic carbocycles. The smallest absolute Gasteiger partial charge is 0.204 e. The standard InChI is InChI=1S/C28H22F3N3O2S/c1-28(10-12-35-20-6-4-3-5-18(20)28)21-14-33-27(34-21)17-13-15(7-8-19(17)29)36-25-23(31)22(30)24-16(9-11-32-24)26(25)37-2/h3-9,11,13-14,32H,10,12H2,1-2H3,(H,33,34). The van der Waals surface area contributed by atoms with E-state index >= 15 is 0 Å². The van der Waals surface area contributed by atoms with Crippen LogP contribution in [-0.4, -0.2) is 27.8 Å². The first kappa shape index (κ1) is 23.5. The number of thioether (sulfide) groups is 1. The summed E-state index contributed by atoms with van der Waals surface area (Å²) in [5.74, 6) is -1.65. The maximum absolute atomic E-state index is 15.0. The largest absolute Gasteiger partial charge is 0.493 e. The highest BCUT2D eigenvalue weighted by atomic mass is 32.2. The summed E-state index contributed by atoms with van der Waals surface area (Å²) in [5.41, 5.74) is 1.56. The fourth-order valence-corrected chi connectivity index (χ4v) is 5.60. The average Bonchev–Trinajstić information content (AvgIpc) is 3.60. The Morgan fingerprint density at radius 3 is 2.73 bits per heavy atom. The van der Waals surface area contributed by atoms with Gasteiger partial charge < -0.3 is 19.4 Å². The van der Waals surface area contributed by atoms with E-state index < -0.39 is 22.9 Å². The van der Waals surface area contributed by atoms with Crippen molar-refractivity contribution >= 4 is 22.7 Å². The summed E-state index contributed by atoms with van der Waals surface area (Å²) in [6.45, 7) is 2.63. The van der Waals surface area contributed by atoms with E-state index in [1.165, 1.54) is 30.0 Å². The summed E-state index contributed by atoms with van der Waals surface area (Å²) >= 11 is 1.23. The number of rotatable bonds is 5. The highest BCUT2D eigenvalue weighted by molar-refractivity contribution is 7.99. The summed E-state index contributed by atoms with van der Waals surface area (Å²) in [6, 6.07) is 13.5. The van der Waals surface area contributed by atoms with Crippen LogP contribution >= 0.6 is 11.8 Å². The Bertz CT molecular complexity index is 1650. The van der Waals surface area contributed by atoms with Crippen LogP contribution in [0.25, 0.3) is 22.3 Å². The fourth-order valence-electron chi connectivity index (χ4n) is 4.89. The maximum atomic E-state index is 15.0. The second kappa shape index (κ2) is 8.92. The number of halogens is 3. The van der Waals surface area contributed by atoms with Crippen molar-refractivity contribution in [1.82, 2.24) is 15.0 Å². The van der Waals surface area contributed by atoms with Crippen LogP contribution in [0.4, 0.5) is 13.2 Å². The fraction of sp³-hybridized carbons (Fsp3) is 0.179. The van der Waals surface area contributed by atoms with E-state index in [9.17, 15) is 13.2 Å². The number of imidazole rings is 1. The summed E-state index contributed by atoms with van der Waals surface area (Å²) in [5, 5.41) is 0.504. The first-order chi connectivity index (χ1) is 17.9. The van der Waals surface area contributed by atoms with Gasteiger partial charge in [0.25, 0.3) is 0 Å². The molecule has 1 aliphatic rings. The lowest BCUT2D eigenvalue weighted by Crippen LogP contribution is -2.31. The SMILES string of the molecule is CSc1c(Oc2ccc(F)c(-c3nc(C4(C)CCOc5ccccc54)c[nH]3)c2)c(F)c(F)c2[nH]ccc12. The van der Waals surface area contributed by atoms with Crippen molar-refractivity contribution in [3.63, 3.8) is 0 Å². The molecule has 0 saturated carbocycles. The summed E-state index contributed by atoms with van der Waals surface area (Å²) < 4.78 is 56.2. The molecule has 2 aromatic heterocycles. The molecule has 5 nitrogen and oxygen atoms in total. The molecular weight excluding hydrogens is 499 g/mol. The molecule has 9 heteroatoms. The number of fused-ring (bicyclic) bond motifs is 2. The van der Waals surface area contributed by atoms with Gasteiger partial charge in [-0.15, -0.1) is 11.8 Å². The number of nitrogens with zero attached hydrogens (tertiary/aromatic N) is 1. The molecule has 0 fully saturated rings. The second-order valence-corrected chi connectivity index (χ2v) is 9.88. The predicted molar refractivity (Wildman–Crippen MR) is 137 cm³/mol. The number of hydrogen-bond donors (Lipinski definition) is 2. The van der Waals surface area contributed by atoms with Gasteiger partial charge in [-0.1, -0.05) is 18.2 Å². The van der Waals surface area contributed by atoms with E-state index in [2.05, 4.69) is 16.9 Å². The maximum Gasteiger partial charge on any atom is 0.204 e. The lowest BCUT2D eigenvalue weighted by Gasteiger charge is -2.34. The zero-order valence-electron chi connectivity index (χ0n) is 20.0. The first-order valence-corrected chi connectivity index (χ1v) is 12.9. The van der Waals surface area contributed by atoms with Crippen molar-refractivity contribution in [2.24, 2.45) is 0 Å². The molecule has 0 aliphatic carbocycles. The molecule has 5 aromatic rings. The number of nitrogens with one attached hydrogen (secondary N) is 2. The molecule has 188 valence electrons. The molecule has 2 N–H and O–H groups in total. The molecule has 0 saturated heterocycles. The Morgan fingerprint density at radius 1 is 1.05 bits per heavy atom. The Hall–Kier alpha value is -3.85. The highest BCUT2D eigenvalue weighted by Gasteiger charge is 2.37. The zero-order valence-corrected chi connectivity index (χ0v) is 20.8. The molecule has 0 radical (unpaired) electrons. The van der Waals surface area contributed by atoms with E-state index in [0.29, 0.717) is 29.1 Å². The Kier molecular flexibility index (Phi) is 5.67. The van der Waals surface area contributed by atoms with Crippen LogP contribution in [-0.2, 0) is 5.41 Å². The van der Waals surface area contributed by atoms with E-state index in [1.54, 1.807) is 24.7 Å². The van der Waals surface area contributed by atoms with Crippen LogP contribution in [0, 0.1) is 17.5 Å². The van der Waals surface area contributed by atoms with Crippen molar-refractivity contribution in [3.05, 3.63) is 89.6 Å². The lowest BCUT2D eigenvalue weighted by atomic mass is 9.75. The number of aromatic amines is 2. The minimum atomic E-state index is -1.11. The van der Waals surface area contributed by atoms with Crippen molar-refractivity contribution in [2.75, 3.05) is 12.9 Å². The summed E-state index contributed by atoms with van der Waals surface area (Å²) in [4.78, 5) is 11.0. The van der Waals surface area contributed by atoms with Gasteiger partial charge in [0.15, 0.2) is 11.6 Å². The minimum Gasteiger partial charge on any atom is -0.493 e. The van der Waals surface area contributed by atoms with Crippen molar-refractivity contribution < 1.29 is 22.6 Å². The third-order valence-corrected chi connectivity index (χ3v) is 7.72. The molecule has 3 heterocycles. The van der Waals surface area contributed by atoms with Gasteiger partial charge in [-0.25, -0.2) is 13.8 Å². The highest BCUT2D eigenvalue weighted by Crippen LogP contribution is 2.44. The minimum absolute atomic E-state index is 0.0697. The number of benzene rings is 3. The van der Waals surface area contributed by atoms with Gasteiger partial charge in [0, 0.05) is 28.8 Å². The van der Waals surface area contributed by atoms with Crippen LogP contribution < -0.4 is 9.47 Å². The van der Waals surface area contributed by atoms with Crippen molar-refractivity contribution in [1.29, 1.82) is 0 Å². The molecule has 1 unspecified atom stereocenters. The number of ether oxygens (including phenoxy) is 2. The number of para-hydroxylation sites is 1. The van der Waals surface area contributed by atoms with Crippen LogP contribution in [0.15, 0.2) is 65.8 Å². The molecule has 1 atom stereocenters. The van der Waals surface area contributed by atoms with Gasteiger partial charge >= 0.3 is 0 Å². The molecule has 0 amide bonds. The second-order valence-electron chi connectivity index (χ2n) is 9.06. The van der Waals surface area contributed by atoms with Gasteiger partial charge in [0.05, 0.1) is 28.3 Å². The predicted octanol–water partition coefficient (Wildman–Crippen LogP) is 7.58. The van der Waals surface area contributed by atoms with Gasteiger partial charge in [-0.3, -0.25) is 0 Å². The summed E-state index contributed by atoms with van der Waals surface area (Å²) in [6.07, 6.45) is 5.77. The van der Waals surface area contributed by atoms with E-state index in [-0.39, 0.29) is 22.6 Å². The van der Waals surface area contributed by atoms with Crippen LogP contribution in [0.2, 0.25) is 0 Å². The van der Waals surface area contributed by atoms with E-state index in [1.807, 2.05) is 24.3 Å². The Labute approximate surface area is 215 Å². The lowest BCUT2D eigenvalue weighted by molar-refractivity contribution is 0.241. The molecule has 0 spiro atoms. The van der Waals surface area contributed by atoms with Crippen LogP contribution in [0.1, 0.15) is 24.6 Å². The van der Waals surface area contributed by atoms with Gasteiger partial charge in [0.1, 0.15) is 23.1 Å². The summed E-state index contributed by atoms with van der Waals surface area (Å²) in [7, 11) is 0. The van der Waals surface area contributed by atoms with Gasteiger partial charge in [0.2, 0.25) is 5.82 Å². The monoisotopic (exact) mass is 521 g/mol. The van der Waals surface area contributed by atoms with Gasteiger partial charge in [-0.2, -0.15) is 4.39 Å². The molecule has 1 aliphatic heterocycles. The third kappa shape index (κ3) is 3.76. The van der Waals surface area contributed by atoms with E-state index in [0.717, 1.165) is 17.0 Å². The van der Waals surface area contributed by atoms with Gasteiger partial charge in [-0.05, 0) is 49.9 Å². The van der Waals surface area contributed by atoms with Crippen LogP contribution in [0.3, 0.4) is 0 Å². The molecule has 6 rings (SSSR count). The van der Waals surface area contributed by atoms with Crippen LogP contribution in [0.5, 0.6) is 17.2 Å². The normalized spacial score (nSPS) is 17.0.